The highest BCUT2D eigenvalue weighted by Crippen LogP contribution is 2.09. The van der Waals surface area contributed by atoms with Crippen LogP contribution in [0.4, 0.5) is 0 Å². The van der Waals surface area contributed by atoms with Gasteiger partial charge in [-0.3, -0.25) is 4.98 Å². The lowest BCUT2D eigenvalue weighted by Crippen LogP contribution is -2.05. The Kier molecular flexibility index (Phi) is 4.40. The van der Waals surface area contributed by atoms with Crippen LogP contribution in [0.3, 0.4) is 0 Å². The minimum Gasteiger partial charge on any atom is -0.465 e. The molecular formula is C12H10BrN3O3. The van der Waals surface area contributed by atoms with Crippen LogP contribution in [0, 0.1) is 0 Å². The van der Waals surface area contributed by atoms with Crippen LogP contribution in [-0.4, -0.2) is 28.0 Å². The second-order valence-corrected chi connectivity index (χ2v) is 4.42. The highest BCUT2D eigenvalue weighted by atomic mass is 79.9. The Labute approximate surface area is 117 Å². The van der Waals surface area contributed by atoms with E-state index in [9.17, 15) is 4.79 Å². The number of halogens is 1. The molecule has 0 radical (unpaired) electrons. The van der Waals surface area contributed by atoms with E-state index in [0.717, 1.165) is 10.2 Å². The summed E-state index contributed by atoms with van der Waals surface area (Å²) in [6.07, 6.45) is 4.38. The van der Waals surface area contributed by atoms with Crippen molar-refractivity contribution < 1.29 is 14.3 Å². The van der Waals surface area contributed by atoms with E-state index >= 15 is 0 Å². The highest BCUT2D eigenvalue weighted by Gasteiger charge is 2.07. The Morgan fingerprint density at radius 2 is 1.95 bits per heavy atom. The molecule has 0 aliphatic rings. The second kappa shape index (κ2) is 6.24. The molecule has 0 saturated carbocycles. The number of aromatic nitrogens is 3. The zero-order valence-corrected chi connectivity index (χ0v) is 11.6. The van der Waals surface area contributed by atoms with Gasteiger partial charge in [-0.15, -0.1) is 0 Å². The van der Waals surface area contributed by atoms with Gasteiger partial charge in [0.2, 0.25) is 0 Å². The normalized spacial score (nSPS) is 10.0. The first kappa shape index (κ1) is 13.4. The average Bonchev–Trinajstić information content (AvgIpc) is 2.46. The van der Waals surface area contributed by atoms with Crippen LogP contribution in [0.2, 0.25) is 0 Å². The van der Waals surface area contributed by atoms with Gasteiger partial charge in [0.1, 0.15) is 6.61 Å². The number of rotatable bonds is 4. The molecule has 0 spiro atoms. The van der Waals surface area contributed by atoms with Gasteiger partial charge in [-0.25, -0.2) is 14.8 Å². The maximum atomic E-state index is 11.2. The minimum absolute atomic E-state index is 0.178. The molecule has 0 aliphatic heterocycles. The van der Waals surface area contributed by atoms with Crippen molar-refractivity contribution in [2.75, 3.05) is 7.11 Å². The van der Waals surface area contributed by atoms with Gasteiger partial charge in [0.25, 0.3) is 0 Å². The number of carbonyl (C=O) groups excluding carboxylic acids is 1. The molecular weight excluding hydrogens is 314 g/mol. The van der Waals surface area contributed by atoms with E-state index < -0.39 is 5.97 Å². The van der Waals surface area contributed by atoms with Crippen molar-refractivity contribution in [1.82, 2.24) is 15.0 Å². The maximum absolute atomic E-state index is 11.2. The van der Waals surface area contributed by atoms with E-state index in [2.05, 4.69) is 35.6 Å². The number of nitrogens with zero attached hydrogens (tertiary/aromatic N) is 3. The van der Waals surface area contributed by atoms with Gasteiger partial charge in [0.05, 0.1) is 18.4 Å². The molecule has 0 aliphatic carbocycles. The van der Waals surface area contributed by atoms with Crippen molar-refractivity contribution in [2.24, 2.45) is 0 Å². The summed E-state index contributed by atoms with van der Waals surface area (Å²) in [6, 6.07) is 3.87. The summed E-state index contributed by atoms with van der Waals surface area (Å²) >= 11 is 3.30. The molecule has 98 valence electrons. The quantitative estimate of drug-likeness (QED) is 0.801. The fraction of sp³-hybridized carbons (Fsp3) is 0.167. The third-order valence-electron chi connectivity index (χ3n) is 2.19. The monoisotopic (exact) mass is 323 g/mol. The molecule has 0 unspecified atom stereocenters. The van der Waals surface area contributed by atoms with Gasteiger partial charge in [-0.2, -0.15) is 0 Å². The van der Waals surface area contributed by atoms with E-state index in [4.69, 9.17) is 4.74 Å². The largest absolute Gasteiger partial charge is 0.465 e. The Morgan fingerprint density at radius 3 is 2.53 bits per heavy atom. The second-order valence-electron chi connectivity index (χ2n) is 3.50. The molecule has 2 heterocycles. The Hall–Kier alpha value is -2.02. The van der Waals surface area contributed by atoms with Crippen LogP contribution in [0.5, 0.6) is 6.01 Å². The predicted molar refractivity (Wildman–Crippen MR) is 69.6 cm³/mol. The van der Waals surface area contributed by atoms with Crippen LogP contribution >= 0.6 is 15.9 Å². The van der Waals surface area contributed by atoms with E-state index in [1.807, 2.05) is 12.1 Å². The van der Waals surface area contributed by atoms with E-state index in [-0.39, 0.29) is 18.2 Å². The number of methoxy groups -OCH3 is 1. The summed E-state index contributed by atoms with van der Waals surface area (Å²) in [7, 11) is 1.30. The topological polar surface area (TPSA) is 74.2 Å². The lowest BCUT2D eigenvalue weighted by Gasteiger charge is -2.04. The molecule has 2 rings (SSSR count). The lowest BCUT2D eigenvalue weighted by atomic mass is 10.3. The predicted octanol–water partition coefficient (Wildman–Crippen LogP) is 2.00. The smallest absolute Gasteiger partial charge is 0.341 e. The van der Waals surface area contributed by atoms with E-state index in [1.54, 1.807) is 6.20 Å². The number of ether oxygens (including phenoxy) is 2. The standard InChI is InChI=1S/C12H10BrN3O3/c1-18-11(17)8-4-15-12(16-5-8)19-7-10-3-2-9(13)6-14-10/h2-6H,7H2,1H3. The minimum atomic E-state index is -0.485. The summed E-state index contributed by atoms with van der Waals surface area (Å²) in [5.41, 5.74) is 1.03. The third kappa shape index (κ3) is 3.72. The summed E-state index contributed by atoms with van der Waals surface area (Å²) in [5.74, 6) is -0.485. The Morgan fingerprint density at radius 1 is 1.21 bits per heavy atom. The van der Waals surface area contributed by atoms with E-state index in [1.165, 1.54) is 19.5 Å². The average molecular weight is 324 g/mol. The van der Waals surface area contributed by atoms with Crippen molar-refractivity contribution in [3.8, 4) is 6.01 Å². The van der Waals surface area contributed by atoms with Crippen molar-refractivity contribution in [3.05, 3.63) is 46.5 Å². The molecule has 19 heavy (non-hydrogen) atoms. The molecule has 7 heteroatoms. The number of pyridine rings is 1. The van der Waals surface area contributed by atoms with Gasteiger partial charge in [-0.05, 0) is 28.1 Å². The molecule has 0 saturated heterocycles. The zero-order chi connectivity index (χ0) is 13.7. The van der Waals surface area contributed by atoms with Crippen molar-refractivity contribution in [2.45, 2.75) is 6.61 Å². The molecule has 0 aromatic carbocycles. The maximum Gasteiger partial charge on any atom is 0.341 e. The van der Waals surface area contributed by atoms with Gasteiger partial charge < -0.3 is 9.47 Å². The zero-order valence-electron chi connectivity index (χ0n) is 10.0. The number of esters is 1. The summed E-state index contributed by atoms with van der Waals surface area (Å²) in [6.45, 7) is 0.255. The summed E-state index contributed by atoms with van der Waals surface area (Å²) < 4.78 is 10.8. The molecule has 0 atom stereocenters. The molecule has 0 N–H and O–H groups in total. The number of carbonyl (C=O) groups is 1. The summed E-state index contributed by atoms with van der Waals surface area (Å²) in [5, 5.41) is 0. The first-order chi connectivity index (χ1) is 9.19. The SMILES string of the molecule is COC(=O)c1cnc(OCc2ccc(Br)cn2)nc1. The van der Waals surface area contributed by atoms with Crippen LogP contribution in [0.1, 0.15) is 16.1 Å². The number of hydrogen-bond donors (Lipinski definition) is 0. The van der Waals surface area contributed by atoms with Crippen molar-refractivity contribution in [3.63, 3.8) is 0 Å². The number of hydrogen-bond acceptors (Lipinski definition) is 6. The van der Waals surface area contributed by atoms with Crippen LogP contribution in [-0.2, 0) is 11.3 Å². The van der Waals surface area contributed by atoms with Crippen LogP contribution in [0.25, 0.3) is 0 Å². The molecule has 0 bridgehead atoms. The molecule has 2 aromatic heterocycles. The van der Waals surface area contributed by atoms with E-state index in [0.29, 0.717) is 0 Å². The van der Waals surface area contributed by atoms with Gasteiger partial charge >= 0.3 is 12.0 Å². The summed E-state index contributed by atoms with van der Waals surface area (Å²) in [4.78, 5) is 23.1. The molecule has 0 fully saturated rings. The highest BCUT2D eigenvalue weighted by molar-refractivity contribution is 9.10. The molecule has 0 amide bonds. The van der Waals surface area contributed by atoms with Crippen molar-refractivity contribution >= 4 is 21.9 Å². The van der Waals surface area contributed by atoms with Gasteiger partial charge in [-0.1, -0.05) is 0 Å². The lowest BCUT2D eigenvalue weighted by molar-refractivity contribution is 0.0599. The molecule has 6 nitrogen and oxygen atoms in total. The fourth-order valence-electron chi connectivity index (χ4n) is 1.24. The van der Waals surface area contributed by atoms with Crippen LogP contribution in [0.15, 0.2) is 35.2 Å². The van der Waals surface area contributed by atoms with Crippen molar-refractivity contribution in [1.29, 1.82) is 0 Å². The first-order valence-corrected chi connectivity index (χ1v) is 6.12. The Bertz CT molecular complexity index is 557. The third-order valence-corrected chi connectivity index (χ3v) is 2.66. The van der Waals surface area contributed by atoms with Gasteiger partial charge in [0, 0.05) is 23.1 Å². The van der Waals surface area contributed by atoms with Gasteiger partial charge in [0.15, 0.2) is 0 Å². The fourth-order valence-corrected chi connectivity index (χ4v) is 1.48. The first-order valence-electron chi connectivity index (χ1n) is 5.32. The molecule has 2 aromatic rings. The Balaban J connectivity index is 1.96. The van der Waals surface area contributed by atoms with Crippen LogP contribution < -0.4 is 4.74 Å².